The van der Waals surface area contributed by atoms with Crippen molar-refractivity contribution in [2.75, 3.05) is 26.8 Å². The quantitative estimate of drug-likeness (QED) is 0.197. The number of ether oxygens (including phenoxy) is 4. The van der Waals surface area contributed by atoms with Crippen LogP contribution in [-0.2, 0) is 19.0 Å². The van der Waals surface area contributed by atoms with E-state index in [9.17, 15) is 24.0 Å². The monoisotopic (exact) mass is 654 g/mol. The van der Waals surface area contributed by atoms with Crippen LogP contribution < -0.4 is 20.7 Å². The number of hydrogen-bond acceptors (Lipinski definition) is 10. The molecule has 13 heteroatoms. The number of carbonyl (C=O) groups excluding carboxylic acids is 5. The topological polar surface area (TPSA) is 171 Å². The fourth-order valence-corrected chi connectivity index (χ4v) is 4.43. The lowest BCUT2D eigenvalue weighted by atomic mass is 9.96. The van der Waals surface area contributed by atoms with E-state index in [-0.39, 0.29) is 40.9 Å². The highest BCUT2D eigenvalue weighted by Crippen LogP contribution is 2.31. The second-order valence-electron chi connectivity index (χ2n) is 12.7. The van der Waals surface area contributed by atoms with Crippen molar-refractivity contribution >= 4 is 29.8 Å². The van der Waals surface area contributed by atoms with Gasteiger partial charge in [-0.25, -0.2) is 19.4 Å². The van der Waals surface area contributed by atoms with Gasteiger partial charge in [-0.15, -0.1) is 0 Å². The minimum atomic E-state index is -1.01. The summed E-state index contributed by atoms with van der Waals surface area (Å²) >= 11 is 0. The molecule has 1 aliphatic rings. The third-order valence-corrected chi connectivity index (χ3v) is 7.03. The Balaban J connectivity index is 1.86. The smallest absolute Gasteiger partial charge is 0.408 e. The Kier molecular flexibility index (Phi) is 12.7. The molecular weight excluding hydrogens is 608 g/mol. The number of nitrogens with zero attached hydrogens (tertiary/aromatic N) is 1. The van der Waals surface area contributed by atoms with Gasteiger partial charge in [-0.3, -0.25) is 9.59 Å². The summed E-state index contributed by atoms with van der Waals surface area (Å²) < 4.78 is 21.7. The van der Waals surface area contributed by atoms with E-state index < -0.39 is 41.7 Å². The summed E-state index contributed by atoms with van der Waals surface area (Å²) in [6.07, 6.45) is 0.404. The molecule has 0 aliphatic heterocycles. The van der Waals surface area contributed by atoms with Gasteiger partial charge in [0.15, 0.2) is 5.69 Å². The van der Waals surface area contributed by atoms with Crippen molar-refractivity contribution in [3.05, 3.63) is 47.3 Å². The first-order valence-electron chi connectivity index (χ1n) is 15.8. The first-order valence-corrected chi connectivity index (χ1v) is 15.8. The van der Waals surface area contributed by atoms with E-state index in [2.05, 4.69) is 20.9 Å². The zero-order valence-electron chi connectivity index (χ0n) is 28.4. The highest BCUT2D eigenvalue weighted by molar-refractivity contribution is 6.05. The van der Waals surface area contributed by atoms with E-state index in [0.29, 0.717) is 30.3 Å². The number of amides is 3. The predicted octanol–water partition coefficient (Wildman–Crippen LogP) is 4.28. The Hall–Kier alpha value is -4.68. The molecule has 0 radical (unpaired) electrons. The summed E-state index contributed by atoms with van der Waals surface area (Å²) in [6, 6.07) is 6.79. The molecule has 1 aromatic carbocycles. The SMILES string of the molecule is CCNC(=O)c1ccc(OC)cc1-c1ccc(C(=O)NCC2CC2)nc1C(=O)OCC(C)OC(=O)C(NC(=O)OC(C)(C)C)C(C)C. The number of alkyl carbamates (subject to hydrolysis) is 1. The molecule has 3 N–H and O–H groups in total. The third-order valence-electron chi connectivity index (χ3n) is 7.03. The molecule has 2 unspecified atom stereocenters. The molecule has 0 bridgehead atoms. The van der Waals surface area contributed by atoms with Crippen molar-refractivity contribution < 1.29 is 42.9 Å². The van der Waals surface area contributed by atoms with Crippen molar-refractivity contribution in [1.29, 1.82) is 0 Å². The molecule has 1 aliphatic carbocycles. The van der Waals surface area contributed by atoms with E-state index in [1.807, 2.05) is 0 Å². The van der Waals surface area contributed by atoms with Crippen LogP contribution in [0.3, 0.4) is 0 Å². The molecular formula is C34H46N4O9. The maximum atomic E-state index is 13.6. The number of benzene rings is 1. The minimum absolute atomic E-state index is 0.00345. The maximum absolute atomic E-state index is 13.6. The lowest BCUT2D eigenvalue weighted by molar-refractivity contribution is -0.154. The molecule has 1 heterocycles. The summed E-state index contributed by atoms with van der Waals surface area (Å²) in [7, 11) is 1.47. The Morgan fingerprint density at radius 1 is 0.957 bits per heavy atom. The van der Waals surface area contributed by atoms with E-state index in [0.717, 1.165) is 12.8 Å². The van der Waals surface area contributed by atoms with Gasteiger partial charge in [-0.05, 0) is 89.6 Å². The standard InChI is InChI=1S/C34H46N4O9/c1-9-35-29(39)24-13-12-22(44-8)16-25(24)23-14-15-26(30(40)36-17-21-10-11-21)37-28(23)31(41)45-18-20(4)46-32(42)27(19(2)3)38-33(43)47-34(5,6)7/h12-16,19-21,27H,9-11,17-18H2,1-8H3,(H,35,39)(H,36,40)(H,38,43). The van der Waals surface area contributed by atoms with Crippen molar-refractivity contribution in [2.45, 2.75) is 79.1 Å². The van der Waals surface area contributed by atoms with E-state index in [1.165, 1.54) is 26.2 Å². The summed E-state index contributed by atoms with van der Waals surface area (Å²) in [6.45, 7) is 12.4. The average Bonchev–Trinajstić information content (AvgIpc) is 3.84. The van der Waals surface area contributed by atoms with Crippen LogP contribution in [0.15, 0.2) is 30.3 Å². The van der Waals surface area contributed by atoms with Crippen LogP contribution in [0.25, 0.3) is 11.1 Å². The number of carbonyl (C=O) groups is 5. The summed E-state index contributed by atoms with van der Waals surface area (Å²) in [5.41, 5.74) is -0.143. The van der Waals surface area contributed by atoms with E-state index >= 15 is 0 Å². The number of nitrogens with one attached hydrogen (secondary N) is 3. The first kappa shape index (κ1) is 36.8. The molecule has 3 amide bonds. The Morgan fingerprint density at radius 3 is 2.26 bits per heavy atom. The molecule has 256 valence electrons. The minimum Gasteiger partial charge on any atom is -0.497 e. The zero-order valence-corrected chi connectivity index (χ0v) is 28.4. The Bertz CT molecular complexity index is 1460. The van der Waals surface area contributed by atoms with E-state index in [4.69, 9.17) is 18.9 Å². The lowest BCUT2D eigenvalue weighted by Crippen LogP contribution is -2.48. The normalized spacial score (nSPS) is 14.0. The van der Waals surface area contributed by atoms with Crippen molar-refractivity contribution in [2.24, 2.45) is 11.8 Å². The van der Waals surface area contributed by atoms with Crippen molar-refractivity contribution in [1.82, 2.24) is 20.9 Å². The van der Waals surface area contributed by atoms with Gasteiger partial charge < -0.3 is 34.9 Å². The Labute approximate surface area is 275 Å². The van der Waals surface area contributed by atoms with Crippen LogP contribution in [0.4, 0.5) is 4.79 Å². The van der Waals surface area contributed by atoms with Crippen LogP contribution in [0.5, 0.6) is 5.75 Å². The van der Waals surface area contributed by atoms with Gasteiger partial charge >= 0.3 is 18.0 Å². The van der Waals surface area contributed by atoms with Crippen LogP contribution in [0, 0.1) is 11.8 Å². The van der Waals surface area contributed by atoms with Gasteiger partial charge in [0.2, 0.25) is 0 Å². The van der Waals surface area contributed by atoms with Gasteiger partial charge in [0.05, 0.1) is 7.11 Å². The molecule has 13 nitrogen and oxygen atoms in total. The number of hydrogen-bond donors (Lipinski definition) is 3. The van der Waals surface area contributed by atoms with Gasteiger partial charge in [0, 0.05) is 29.8 Å². The molecule has 0 saturated heterocycles. The van der Waals surface area contributed by atoms with Crippen molar-refractivity contribution in [3.63, 3.8) is 0 Å². The number of esters is 2. The molecule has 1 saturated carbocycles. The summed E-state index contributed by atoms with van der Waals surface area (Å²) in [5.74, 6) is -1.94. The molecule has 47 heavy (non-hydrogen) atoms. The lowest BCUT2D eigenvalue weighted by Gasteiger charge is -2.25. The first-order chi connectivity index (χ1) is 22.1. The predicted molar refractivity (Wildman–Crippen MR) is 173 cm³/mol. The fourth-order valence-electron chi connectivity index (χ4n) is 4.43. The fraction of sp³-hybridized carbons (Fsp3) is 0.529. The number of aromatic nitrogens is 1. The van der Waals surface area contributed by atoms with Gasteiger partial charge in [-0.1, -0.05) is 13.8 Å². The third kappa shape index (κ3) is 11.0. The van der Waals surface area contributed by atoms with Crippen molar-refractivity contribution in [3.8, 4) is 16.9 Å². The van der Waals surface area contributed by atoms with Crippen LogP contribution in [0.1, 0.15) is 92.6 Å². The highest BCUT2D eigenvalue weighted by Gasteiger charge is 2.30. The molecule has 2 aromatic rings. The number of pyridine rings is 1. The zero-order chi connectivity index (χ0) is 34.9. The average molecular weight is 655 g/mol. The van der Waals surface area contributed by atoms with E-state index in [1.54, 1.807) is 59.7 Å². The van der Waals surface area contributed by atoms with Crippen LogP contribution in [-0.4, -0.2) is 79.4 Å². The molecule has 2 atom stereocenters. The summed E-state index contributed by atoms with van der Waals surface area (Å²) in [4.78, 5) is 69.1. The second-order valence-corrected chi connectivity index (χ2v) is 12.7. The molecule has 3 rings (SSSR count). The van der Waals surface area contributed by atoms with Crippen LogP contribution in [0.2, 0.25) is 0 Å². The molecule has 0 spiro atoms. The number of methoxy groups -OCH3 is 1. The highest BCUT2D eigenvalue weighted by atomic mass is 16.6. The van der Waals surface area contributed by atoms with Gasteiger partial charge in [0.1, 0.15) is 35.8 Å². The molecule has 1 fully saturated rings. The van der Waals surface area contributed by atoms with Crippen LogP contribution >= 0.6 is 0 Å². The Morgan fingerprint density at radius 2 is 1.66 bits per heavy atom. The molecule has 1 aromatic heterocycles. The van der Waals surface area contributed by atoms with Gasteiger partial charge in [-0.2, -0.15) is 0 Å². The maximum Gasteiger partial charge on any atom is 0.408 e. The van der Waals surface area contributed by atoms with Gasteiger partial charge in [0.25, 0.3) is 11.8 Å². The largest absolute Gasteiger partial charge is 0.497 e. The summed E-state index contributed by atoms with van der Waals surface area (Å²) in [5, 5.41) is 8.12. The second kappa shape index (κ2) is 16.2. The number of rotatable bonds is 14.